The van der Waals surface area contributed by atoms with E-state index in [-0.39, 0.29) is 23.8 Å². The molecule has 2 amide bonds. The van der Waals surface area contributed by atoms with E-state index in [4.69, 9.17) is 16.3 Å². The van der Waals surface area contributed by atoms with Gasteiger partial charge < -0.3 is 15.0 Å². The molecule has 0 fully saturated rings. The second kappa shape index (κ2) is 15.5. The van der Waals surface area contributed by atoms with E-state index in [1.807, 2.05) is 65.0 Å². The molecule has 0 heterocycles. The summed E-state index contributed by atoms with van der Waals surface area (Å²) in [5.74, 6) is -0.396. The van der Waals surface area contributed by atoms with Crippen LogP contribution in [0.4, 0.5) is 5.69 Å². The van der Waals surface area contributed by atoms with E-state index < -0.39 is 34.1 Å². The number of aryl methyl sites for hydroxylation is 1. The normalized spacial score (nSPS) is 12.2. The topological polar surface area (TPSA) is 96.0 Å². The summed E-state index contributed by atoms with van der Waals surface area (Å²) in [4.78, 5) is 30.0. The highest BCUT2D eigenvalue weighted by molar-refractivity contribution is 7.92. The molecule has 0 spiro atoms. The summed E-state index contributed by atoms with van der Waals surface area (Å²) in [5, 5.41) is 3.46. The van der Waals surface area contributed by atoms with E-state index in [1.165, 1.54) is 17.0 Å². The van der Waals surface area contributed by atoms with Crippen molar-refractivity contribution >= 4 is 39.1 Å². The summed E-state index contributed by atoms with van der Waals surface area (Å²) in [5.41, 5.74) is 2.13. The van der Waals surface area contributed by atoms with E-state index in [2.05, 4.69) is 5.32 Å². The number of anilines is 1. The van der Waals surface area contributed by atoms with Gasteiger partial charge in [0.05, 0.1) is 17.2 Å². The quantitative estimate of drug-likeness (QED) is 0.168. The maximum atomic E-state index is 14.6. The minimum Gasteiger partial charge on any atom is -0.494 e. The van der Waals surface area contributed by atoms with Crippen LogP contribution in [0.15, 0.2) is 108 Å². The molecule has 0 saturated carbocycles. The zero-order chi connectivity index (χ0) is 34.2. The molecule has 1 unspecified atom stereocenters. The number of carbonyl (C=O) groups is 2. The average Bonchev–Trinajstić information content (AvgIpc) is 3.03. The summed E-state index contributed by atoms with van der Waals surface area (Å²) in [7, 11) is -4.24. The molecule has 0 aliphatic heterocycles. The molecule has 4 rings (SSSR count). The van der Waals surface area contributed by atoms with E-state index in [0.29, 0.717) is 28.6 Å². The van der Waals surface area contributed by atoms with Crippen molar-refractivity contribution in [3.05, 3.63) is 125 Å². The van der Waals surface area contributed by atoms with Crippen molar-refractivity contribution in [1.29, 1.82) is 0 Å². The van der Waals surface area contributed by atoms with Gasteiger partial charge in [0.15, 0.2) is 0 Å². The summed E-state index contributed by atoms with van der Waals surface area (Å²) in [6.45, 7) is 9.21. The zero-order valence-corrected chi connectivity index (χ0v) is 29.0. The van der Waals surface area contributed by atoms with Crippen molar-refractivity contribution in [3.8, 4) is 5.75 Å². The molecule has 10 heteroatoms. The number of ether oxygens (including phenoxy) is 1. The number of nitrogens with zero attached hydrogens (tertiary/aromatic N) is 2. The fourth-order valence-electron chi connectivity index (χ4n) is 5.06. The number of sulfonamides is 1. The van der Waals surface area contributed by atoms with Gasteiger partial charge in [-0.3, -0.25) is 13.9 Å². The first kappa shape index (κ1) is 35.5. The molecular formula is C37H42ClN3O5S. The van der Waals surface area contributed by atoms with E-state index >= 15 is 0 Å². The second-order valence-electron chi connectivity index (χ2n) is 12.3. The molecule has 1 atom stereocenters. The van der Waals surface area contributed by atoms with Gasteiger partial charge in [0, 0.05) is 23.5 Å². The Labute approximate surface area is 283 Å². The summed E-state index contributed by atoms with van der Waals surface area (Å²) in [6.07, 6.45) is 0.203. The molecule has 0 aliphatic carbocycles. The van der Waals surface area contributed by atoms with Crippen molar-refractivity contribution in [1.82, 2.24) is 10.2 Å². The highest BCUT2D eigenvalue weighted by Gasteiger charge is 2.36. The number of benzene rings is 4. The highest BCUT2D eigenvalue weighted by Crippen LogP contribution is 2.27. The number of carbonyl (C=O) groups excluding carboxylic acids is 2. The number of nitrogens with one attached hydrogen (secondary N) is 1. The van der Waals surface area contributed by atoms with Crippen LogP contribution >= 0.6 is 11.6 Å². The van der Waals surface area contributed by atoms with Crippen LogP contribution in [0, 0.1) is 6.92 Å². The Morgan fingerprint density at radius 2 is 1.49 bits per heavy atom. The van der Waals surface area contributed by atoms with E-state index in [1.54, 1.807) is 60.7 Å². The summed E-state index contributed by atoms with van der Waals surface area (Å²) < 4.78 is 35.1. The first-order valence-corrected chi connectivity index (χ1v) is 17.3. The Morgan fingerprint density at radius 3 is 2.09 bits per heavy atom. The second-order valence-corrected chi connectivity index (χ2v) is 14.6. The van der Waals surface area contributed by atoms with Gasteiger partial charge in [0.2, 0.25) is 11.8 Å². The van der Waals surface area contributed by atoms with Crippen LogP contribution in [0.2, 0.25) is 5.02 Å². The van der Waals surface area contributed by atoms with Crippen molar-refractivity contribution in [2.75, 3.05) is 17.5 Å². The molecule has 0 bridgehead atoms. The lowest BCUT2D eigenvalue weighted by molar-refractivity contribution is -0.140. The summed E-state index contributed by atoms with van der Waals surface area (Å²) in [6, 6.07) is 28.5. The minimum absolute atomic E-state index is 0.00158. The van der Waals surface area contributed by atoms with Crippen LogP contribution in [0.1, 0.15) is 44.4 Å². The number of hydrogen-bond acceptors (Lipinski definition) is 5. The van der Waals surface area contributed by atoms with Crippen LogP contribution < -0.4 is 14.4 Å². The van der Waals surface area contributed by atoms with Gasteiger partial charge in [-0.05, 0) is 88.2 Å². The van der Waals surface area contributed by atoms with Gasteiger partial charge in [-0.1, -0.05) is 77.8 Å². The molecule has 47 heavy (non-hydrogen) atoms. The maximum Gasteiger partial charge on any atom is 0.264 e. The lowest BCUT2D eigenvalue weighted by atomic mass is 10.0. The highest BCUT2D eigenvalue weighted by atomic mass is 35.5. The van der Waals surface area contributed by atoms with Gasteiger partial charge in [0.1, 0.15) is 18.3 Å². The fraction of sp³-hybridized carbons (Fsp3) is 0.297. The first-order chi connectivity index (χ1) is 22.3. The minimum atomic E-state index is -4.24. The van der Waals surface area contributed by atoms with Gasteiger partial charge >= 0.3 is 0 Å². The first-order valence-electron chi connectivity index (χ1n) is 15.5. The lowest BCUT2D eigenvalue weighted by Gasteiger charge is -2.35. The van der Waals surface area contributed by atoms with Gasteiger partial charge in [-0.25, -0.2) is 8.42 Å². The van der Waals surface area contributed by atoms with Crippen molar-refractivity contribution in [2.45, 2.75) is 64.1 Å². The fourth-order valence-corrected chi connectivity index (χ4v) is 6.67. The van der Waals surface area contributed by atoms with Crippen LogP contribution in [0.5, 0.6) is 5.75 Å². The Kier molecular flexibility index (Phi) is 11.7. The van der Waals surface area contributed by atoms with Crippen LogP contribution in [0.25, 0.3) is 0 Å². The third-order valence-electron chi connectivity index (χ3n) is 7.39. The lowest BCUT2D eigenvalue weighted by Crippen LogP contribution is -2.56. The van der Waals surface area contributed by atoms with Crippen LogP contribution in [-0.2, 0) is 32.6 Å². The Balaban J connectivity index is 1.81. The van der Waals surface area contributed by atoms with E-state index in [9.17, 15) is 18.0 Å². The smallest absolute Gasteiger partial charge is 0.264 e. The van der Waals surface area contributed by atoms with Crippen LogP contribution in [-0.4, -0.2) is 49.9 Å². The summed E-state index contributed by atoms with van der Waals surface area (Å²) >= 11 is 6.57. The number of hydrogen-bond donors (Lipinski definition) is 1. The number of amides is 2. The molecule has 0 radical (unpaired) electrons. The largest absolute Gasteiger partial charge is 0.494 e. The molecule has 0 aromatic heterocycles. The molecular weight excluding hydrogens is 634 g/mol. The predicted molar refractivity (Wildman–Crippen MR) is 187 cm³/mol. The van der Waals surface area contributed by atoms with Crippen molar-refractivity contribution in [3.63, 3.8) is 0 Å². The predicted octanol–water partition coefficient (Wildman–Crippen LogP) is 6.80. The number of rotatable bonds is 13. The zero-order valence-electron chi connectivity index (χ0n) is 27.4. The Morgan fingerprint density at radius 1 is 0.872 bits per heavy atom. The SMILES string of the molecule is CCOc1ccc(S(=O)(=O)N(CC(=O)N(Cc2ccccc2Cl)C(Cc2ccccc2)C(=O)NC(C)(C)C)c2ccc(C)cc2)cc1. The third-order valence-corrected chi connectivity index (χ3v) is 9.55. The molecule has 0 saturated heterocycles. The Hall–Kier alpha value is -4.34. The standard InChI is InChI=1S/C37H42ClN3O5S/c1-6-46-31-20-22-32(23-21-31)47(44,45)41(30-18-16-27(2)17-19-30)26-35(42)40(25-29-14-10-11-15-33(29)38)34(36(43)39-37(3,4)5)24-28-12-8-7-9-13-28/h7-23,34H,6,24-26H2,1-5H3,(H,39,43). The molecule has 4 aromatic rings. The van der Waals surface area contributed by atoms with Gasteiger partial charge in [-0.15, -0.1) is 0 Å². The molecule has 1 N–H and O–H groups in total. The van der Waals surface area contributed by atoms with Gasteiger partial charge in [0.25, 0.3) is 10.0 Å². The number of halogens is 1. The maximum absolute atomic E-state index is 14.6. The van der Waals surface area contributed by atoms with Crippen LogP contribution in [0.3, 0.4) is 0 Å². The monoisotopic (exact) mass is 675 g/mol. The molecule has 0 aliphatic rings. The Bertz CT molecular complexity index is 1760. The van der Waals surface area contributed by atoms with E-state index in [0.717, 1.165) is 15.4 Å². The van der Waals surface area contributed by atoms with Gasteiger partial charge in [-0.2, -0.15) is 0 Å². The van der Waals surface area contributed by atoms with Crippen molar-refractivity contribution < 1.29 is 22.7 Å². The molecule has 8 nitrogen and oxygen atoms in total. The molecule has 248 valence electrons. The average molecular weight is 676 g/mol. The third kappa shape index (κ3) is 9.59. The van der Waals surface area contributed by atoms with Crippen molar-refractivity contribution in [2.24, 2.45) is 0 Å². The molecule has 4 aromatic carbocycles.